The summed E-state index contributed by atoms with van der Waals surface area (Å²) >= 11 is 1.59. The van der Waals surface area contributed by atoms with E-state index in [4.69, 9.17) is 9.47 Å². The van der Waals surface area contributed by atoms with E-state index in [1.54, 1.807) is 16.2 Å². The third-order valence-electron chi connectivity index (χ3n) is 5.34. The monoisotopic (exact) mass is 453 g/mol. The van der Waals surface area contributed by atoms with Crippen molar-refractivity contribution in [2.45, 2.75) is 39.3 Å². The Kier molecular flexibility index (Phi) is 6.96. The molecule has 1 aliphatic heterocycles. The molecule has 0 aliphatic carbocycles. The topological polar surface area (TPSA) is 54.9 Å². The molecule has 1 fully saturated rings. The predicted molar refractivity (Wildman–Crippen MR) is 128 cm³/mol. The summed E-state index contributed by atoms with van der Waals surface area (Å²) in [5.74, 6) is 0. The molecule has 6 nitrogen and oxygen atoms in total. The molecule has 1 amide bonds. The van der Waals surface area contributed by atoms with E-state index >= 15 is 0 Å². The van der Waals surface area contributed by atoms with Crippen molar-refractivity contribution in [2.24, 2.45) is 0 Å². The first kappa shape index (κ1) is 22.6. The summed E-state index contributed by atoms with van der Waals surface area (Å²) in [5.41, 5.74) is 3.08. The summed E-state index contributed by atoms with van der Waals surface area (Å²) in [6.45, 7) is 10.3. The standard InChI is InChI=1S/C25H31N3O3S/c1-25(2,3)31-24(29)28-15-13-27(14-16-28)18-20-10-8-19(9-11-20)12-17-30-23-26-21-6-4-5-7-22(21)32-23/h4-11H,12-18H2,1-3H3. The minimum Gasteiger partial charge on any atom is -0.470 e. The van der Waals surface area contributed by atoms with Crippen LogP contribution in [0.1, 0.15) is 31.9 Å². The van der Waals surface area contributed by atoms with Crippen LogP contribution < -0.4 is 4.74 Å². The Labute approximate surface area is 193 Å². The fourth-order valence-corrected chi connectivity index (χ4v) is 4.49. The summed E-state index contributed by atoms with van der Waals surface area (Å²) in [4.78, 5) is 20.9. The van der Waals surface area contributed by atoms with Gasteiger partial charge in [-0.3, -0.25) is 4.90 Å². The summed E-state index contributed by atoms with van der Waals surface area (Å²) in [6.07, 6.45) is 0.639. The average molecular weight is 454 g/mol. The number of thiazole rings is 1. The second-order valence-electron chi connectivity index (χ2n) is 9.11. The third kappa shape index (κ3) is 6.20. The van der Waals surface area contributed by atoms with Crippen molar-refractivity contribution in [1.29, 1.82) is 0 Å². The lowest BCUT2D eigenvalue weighted by Gasteiger charge is -2.35. The van der Waals surface area contributed by atoms with Crippen molar-refractivity contribution in [2.75, 3.05) is 32.8 Å². The van der Waals surface area contributed by atoms with Crippen LogP contribution in [0.3, 0.4) is 0 Å². The molecule has 0 saturated carbocycles. The molecular weight excluding hydrogens is 422 g/mol. The number of ether oxygens (including phenoxy) is 2. The number of carbonyl (C=O) groups is 1. The van der Waals surface area contributed by atoms with Crippen LogP contribution >= 0.6 is 11.3 Å². The molecule has 0 radical (unpaired) electrons. The zero-order chi connectivity index (χ0) is 22.6. The van der Waals surface area contributed by atoms with E-state index in [1.165, 1.54) is 11.1 Å². The SMILES string of the molecule is CC(C)(C)OC(=O)N1CCN(Cc2ccc(CCOc3nc4ccccc4s3)cc2)CC1. The molecule has 1 saturated heterocycles. The molecule has 2 heterocycles. The number of benzene rings is 2. The molecule has 32 heavy (non-hydrogen) atoms. The van der Waals surface area contributed by atoms with E-state index in [0.29, 0.717) is 19.7 Å². The zero-order valence-corrected chi connectivity index (χ0v) is 19.9. The lowest BCUT2D eigenvalue weighted by molar-refractivity contribution is 0.0139. The van der Waals surface area contributed by atoms with Gasteiger partial charge in [0.15, 0.2) is 0 Å². The Morgan fingerprint density at radius 1 is 1.00 bits per heavy atom. The zero-order valence-electron chi connectivity index (χ0n) is 19.0. The number of rotatable bonds is 6. The van der Waals surface area contributed by atoms with Gasteiger partial charge in [-0.2, -0.15) is 0 Å². The quantitative estimate of drug-likeness (QED) is 0.527. The van der Waals surface area contributed by atoms with Gasteiger partial charge in [0.05, 0.1) is 16.8 Å². The second kappa shape index (κ2) is 9.88. The van der Waals surface area contributed by atoms with Gasteiger partial charge in [-0.05, 0) is 44.0 Å². The molecule has 7 heteroatoms. The molecule has 1 aliphatic rings. The van der Waals surface area contributed by atoms with Crippen molar-refractivity contribution in [3.8, 4) is 5.19 Å². The number of carbonyl (C=O) groups excluding carboxylic acids is 1. The Bertz CT molecular complexity index is 1000. The summed E-state index contributed by atoms with van der Waals surface area (Å²) in [7, 11) is 0. The first-order valence-electron chi connectivity index (χ1n) is 11.1. The molecule has 1 aromatic heterocycles. The first-order valence-corrected chi connectivity index (χ1v) is 11.9. The highest BCUT2D eigenvalue weighted by Gasteiger charge is 2.25. The number of para-hydroxylation sites is 1. The van der Waals surface area contributed by atoms with E-state index in [-0.39, 0.29) is 6.09 Å². The van der Waals surface area contributed by atoms with Gasteiger partial charge in [0.2, 0.25) is 0 Å². The molecule has 4 rings (SSSR count). The van der Waals surface area contributed by atoms with Gasteiger partial charge in [-0.15, -0.1) is 0 Å². The van der Waals surface area contributed by atoms with Gasteiger partial charge >= 0.3 is 6.09 Å². The van der Waals surface area contributed by atoms with Crippen molar-refractivity contribution in [3.05, 3.63) is 59.7 Å². The average Bonchev–Trinajstić information content (AvgIpc) is 3.17. The van der Waals surface area contributed by atoms with Crippen LogP contribution in [-0.2, 0) is 17.7 Å². The van der Waals surface area contributed by atoms with Crippen LogP contribution in [0.2, 0.25) is 0 Å². The lowest BCUT2D eigenvalue weighted by Crippen LogP contribution is -2.49. The van der Waals surface area contributed by atoms with Crippen molar-refractivity contribution in [1.82, 2.24) is 14.8 Å². The normalized spacial score (nSPS) is 15.2. The van der Waals surface area contributed by atoms with Crippen LogP contribution in [0.15, 0.2) is 48.5 Å². The molecule has 3 aromatic rings. The largest absolute Gasteiger partial charge is 0.470 e. The number of piperazine rings is 1. The molecule has 0 unspecified atom stereocenters. The number of aromatic nitrogens is 1. The molecule has 170 valence electrons. The van der Waals surface area contributed by atoms with Crippen LogP contribution in [-0.4, -0.2) is 59.3 Å². The molecule has 2 aromatic carbocycles. The Morgan fingerprint density at radius 2 is 1.69 bits per heavy atom. The maximum Gasteiger partial charge on any atom is 0.410 e. The Morgan fingerprint density at radius 3 is 2.38 bits per heavy atom. The van der Waals surface area contributed by atoms with Crippen LogP contribution in [0.5, 0.6) is 5.19 Å². The van der Waals surface area contributed by atoms with Crippen LogP contribution in [0, 0.1) is 0 Å². The van der Waals surface area contributed by atoms with Crippen molar-refractivity contribution in [3.63, 3.8) is 0 Å². The first-order chi connectivity index (χ1) is 15.4. The van der Waals surface area contributed by atoms with Gasteiger partial charge in [-0.1, -0.05) is 47.7 Å². The van der Waals surface area contributed by atoms with E-state index in [9.17, 15) is 4.79 Å². The Hall–Kier alpha value is -2.64. The van der Waals surface area contributed by atoms with Gasteiger partial charge in [0.25, 0.3) is 5.19 Å². The number of amides is 1. The maximum atomic E-state index is 12.2. The molecule has 0 atom stereocenters. The minimum atomic E-state index is -0.449. The van der Waals surface area contributed by atoms with Gasteiger partial charge < -0.3 is 14.4 Å². The van der Waals surface area contributed by atoms with Crippen LogP contribution in [0.25, 0.3) is 10.2 Å². The smallest absolute Gasteiger partial charge is 0.410 e. The lowest BCUT2D eigenvalue weighted by atomic mass is 10.1. The van der Waals surface area contributed by atoms with E-state index in [2.05, 4.69) is 40.2 Å². The summed E-state index contributed by atoms with van der Waals surface area (Å²) in [6, 6.07) is 16.8. The fraction of sp³-hybridized carbons (Fsp3) is 0.440. The van der Waals surface area contributed by atoms with E-state index in [1.807, 2.05) is 39.0 Å². The van der Waals surface area contributed by atoms with Gasteiger partial charge in [-0.25, -0.2) is 9.78 Å². The summed E-state index contributed by atoms with van der Waals surface area (Å²) < 4.78 is 12.5. The highest BCUT2D eigenvalue weighted by Crippen LogP contribution is 2.27. The molecule has 0 N–H and O–H groups in total. The highest BCUT2D eigenvalue weighted by molar-refractivity contribution is 7.20. The van der Waals surface area contributed by atoms with Crippen LogP contribution in [0.4, 0.5) is 4.79 Å². The number of nitrogens with zero attached hydrogens (tertiary/aromatic N) is 3. The highest BCUT2D eigenvalue weighted by atomic mass is 32.1. The molecule has 0 spiro atoms. The maximum absolute atomic E-state index is 12.2. The number of hydrogen-bond acceptors (Lipinski definition) is 6. The van der Waals surface area contributed by atoms with Crippen molar-refractivity contribution < 1.29 is 14.3 Å². The number of hydrogen-bond donors (Lipinski definition) is 0. The molecular formula is C25H31N3O3S. The van der Waals surface area contributed by atoms with Gasteiger partial charge in [0, 0.05) is 39.1 Å². The molecule has 0 bridgehead atoms. The predicted octanol–water partition coefficient (Wildman–Crippen LogP) is 4.97. The number of fused-ring (bicyclic) bond motifs is 1. The van der Waals surface area contributed by atoms with Crippen molar-refractivity contribution >= 4 is 27.6 Å². The summed E-state index contributed by atoms with van der Waals surface area (Å²) in [5, 5.41) is 0.730. The van der Waals surface area contributed by atoms with E-state index < -0.39 is 5.60 Å². The third-order valence-corrected chi connectivity index (χ3v) is 6.29. The van der Waals surface area contributed by atoms with E-state index in [0.717, 1.165) is 41.5 Å². The van der Waals surface area contributed by atoms with Gasteiger partial charge in [0.1, 0.15) is 5.60 Å². The second-order valence-corrected chi connectivity index (χ2v) is 10.1. The fourth-order valence-electron chi connectivity index (χ4n) is 3.65. The Balaban J connectivity index is 1.20. The minimum absolute atomic E-state index is 0.213.